The Labute approximate surface area is 337 Å². The quantitative estimate of drug-likeness (QED) is 0.100. The van der Waals surface area contributed by atoms with Gasteiger partial charge in [-0.3, -0.25) is 4.79 Å². The van der Waals surface area contributed by atoms with Gasteiger partial charge in [0.25, 0.3) is 0 Å². The van der Waals surface area contributed by atoms with Crippen molar-refractivity contribution in [2.24, 2.45) is 0 Å². The second-order valence-electron chi connectivity index (χ2n) is 13.3. The van der Waals surface area contributed by atoms with Gasteiger partial charge in [0.15, 0.2) is 5.11 Å². The molecule has 0 fully saturated rings. The van der Waals surface area contributed by atoms with E-state index in [1.54, 1.807) is 30.7 Å². The Morgan fingerprint density at radius 2 is 1.64 bits per heavy atom. The fraction of sp³-hybridized carbons (Fsp3) is 0.182. The lowest BCUT2D eigenvalue weighted by molar-refractivity contribution is -0.121. The number of aromatic nitrogens is 2. The molecule has 6 rings (SSSR count). The van der Waals surface area contributed by atoms with Gasteiger partial charge in [-0.2, -0.15) is 5.26 Å². The zero-order valence-electron chi connectivity index (χ0n) is 30.3. The monoisotopic (exact) mass is 786 g/mol. The van der Waals surface area contributed by atoms with Crippen molar-refractivity contribution in [1.29, 1.82) is 5.26 Å². The molecule has 1 heterocycles. The third-order valence-corrected chi connectivity index (χ3v) is 10.2. The molecule has 0 radical (unpaired) electrons. The zero-order chi connectivity index (χ0) is 38.6. The van der Waals surface area contributed by atoms with Gasteiger partial charge in [-0.25, -0.2) is 4.98 Å². The van der Waals surface area contributed by atoms with Crippen LogP contribution in [0, 0.1) is 18.3 Å². The average Bonchev–Trinajstić information content (AvgIpc) is 3.63. The Bertz CT molecular complexity index is 2240. The lowest BCUT2D eigenvalue weighted by Gasteiger charge is -2.31. The number of rotatable bonds is 15. The van der Waals surface area contributed by atoms with Crippen LogP contribution in [0.4, 0.5) is 5.69 Å². The Balaban J connectivity index is 1.23. The summed E-state index contributed by atoms with van der Waals surface area (Å²) in [7, 11) is 0. The molecular weight excluding hydrogens is 747 g/mol. The molecule has 0 saturated heterocycles. The summed E-state index contributed by atoms with van der Waals surface area (Å²) in [5, 5.41) is 17.2. The number of ether oxygens (including phenoxy) is 1. The maximum absolute atomic E-state index is 13.9. The van der Waals surface area contributed by atoms with Crippen molar-refractivity contribution < 1.29 is 9.53 Å². The molecule has 6 aromatic rings. The number of hydrogen-bond donors (Lipinski definition) is 2. The highest BCUT2D eigenvalue weighted by Crippen LogP contribution is 2.27. The van der Waals surface area contributed by atoms with Crippen molar-refractivity contribution in [2.75, 3.05) is 11.9 Å². The molecule has 0 aliphatic rings. The molecule has 1 atom stereocenters. The normalized spacial score (nSPS) is 11.3. The van der Waals surface area contributed by atoms with Crippen molar-refractivity contribution in [3.8, 4) is 11.8 Å². The SMILES string of the molecule is Cc1ccc(NC(=S)N(Cc2cccc(Cl)c2Cl)C[C@H](Cc2ccc(OCc3ccccc3)cc2)NC(=O)Cc2cncn2Cc2ccc(C#N)cc2)cc1. The first-order chi connectivity index (χ1) is 26.7. The Kier molecular flexibility index (Phi) is 13.5. The molecule has 0 saturated carbocycles. The van der Waals surface area contributed by atoms with Crippen LogP contribution in [0.3, 0.4) is 0 Å². The van der Waals surface area contributed by atoms with Crippen LogP contribution in [0.2, 0.25) is 10.0 Å². The van der Waals surface area contributed by atoms with Crippen LogP contribution in [-0.2, 0) is 37.3 Å². The Morgan fingerprint density at radius 1 is 0.909 bits per heavy atom. The number of nitrogens with zero attached hydrogens (tertiary/aromatic N) is 4. The van der Waals surface area contributed by atoms with Gasteiger partial charge in [0.2, 0.25) is 5.91 Å². The summed E-state index contributed by atoms with van der Waals surface area (Å²) in [5.74, 6) is 0.594. The third-order valence-electron chi connectivity index (χ3n) is 9.02. The lowest BCUT2D eigenvalue weighted by Crippen LogP contribution is -2.48. The maximum Gasteiger partial charge on any atom is 0.226 e. The smallest absolute Gasteiger partial charge is 0.226 e. The minimum atomic E-state index is -0.366. The van der Waals surface area contributed by atoms with Crippen molar-refractivity contribution in [1.82, 2.24) is 19.8 Å². The number of carbonyl (C=O) groups is 1. The standard InChI is InChI=1S/C44H40Cl2N6O2S/c1-31-10-18-37(19-11-31)50-44(55)51(27-36-8-5-9-41(45)43(36)46)28-38(22-32-16-20-40(21-17-32)54-29-35-6-3-2-4-7-35)49-42(53)23-39-25-48-30-52(39)26-34-14-12-33(24-47)13-15-34/h2-21,25,30,38H,22-23,26-29H2,1H3,(H,49,53)(H,50,55)/t38-/m0/s1. The summed E-state index contributed by atoms with van der Waals surface area (Å²) >= 11 is 19.1. The summed E-state index contributed by atoms with van der Waals surface area (Å²) < 4.78 is 7.98. The van der Waals surface area contributed by atoms with Crippen LogP contribution < -0.4 is 15.4 Å². The number of amides is 1. The van der Waals surface area contributed by atoms with Crippen LogP contribution in [-0.4, -0.2) is 38.1 Å². The molecule has 55 heavy (non-hydrogen) atoms. The van der Waals surface area contributed by atoms with E-state index >= 15 is 0 Å². The van der Waals surface area contributed by atoms with E-state index in [2.05, 4.69) is 21.7 Å². The van der Waals surface area contributed by atoms with Gasteiger partial charge in [0.1, 0.15) is 12.4 Å². The minimum absolute atomic E-state index is 0.116. The van der Waals surface area contributed by atoms with E-state index in [1.165, 1.54) is 0 Å². The van der Waals surface area contributed by atoms with E-state index in [1.807, 2.05) is 120 Å². The minimum Gasteiger partial charge on any atom is -0.489 e. The molecule has 0 aliphatic heterocycles. The maximum atomic E-state index is 13.9. The number of hydrogen-bond acceptors (Lipinski definition) is 5. The molecule has 278 valence electrons. The molecule has 0 aliphatic carbocycles. The molecule has 1 aromatic heterocycles. The zero-order valence-corrected chi connectivity index (χ0v) is 32.6. The van der Waals surface area contributed by atoms with Crippen LogP contribution in [0.25, 0.3) is 0 Å². The van der Waals surface area contributed by atoms with Gasteiger partial charge < -0.3 is 24.8 Å². The third kappa shape index (κ3) is 11.4. The van der Waals surface area contributed by atoms with E-state index in [0.29, 0.717) is 53.4 Å². The van der Waals surface area contributed by atoms with Crippen LogP contribution in [0.5, 0.6) is 5.75 Å². The largest absolute Gasteiger partial charge is 0.489 e. The predicted octanol–water partition coefficient (Wildman–Crippen LogP) is 9.17. The Hall–Kier alpha value is -5.66. The molecule has 1 amide bonds. The number of halogens is 2. The second kappa shape index (κ2) is 19.1. The van der Waals surface area contributed by atoms with Gasteiger partial charge in [-0.1, -0.05) is 108 Å². The van der Waals surface area contributed by atoms with E-state index in [0.717, 1.165) is 44.9 Å². The number of thiocarbonyl (C=S) groups is 1. The lowest BCUT2D eigenvalue weighted by atomic mass is 10.0. The summed E-state index contributed by atoms with van der Waals surface area (Å²) in [6.45, 7) is 3.73. The molecule has 0 spiro atoms. The number of carbonyl (C=O) groups excluding carboxylic acids is 1. The van der Waals surface area contributed by atoms with E-state index in [4.69, 9.17) is 40.2 Å². The molecule has 0 bridgehead atoms. The highest BCUT2D eigenvalue weighted by Gasteiger charge is 2.22. The highest BCUT2D eigenvalue weighted by atomic mass is 35.5. The molecule has 2 N–H and O–H groups in total. The summed E-state index contributed by atoms with van der Waals surface area (Å²) in [6.07, 6.45) is 4.05. The fourth-order valence-corrected chi connectivity index (χ4v) is 6.71. The number of nitrogens with one attached hydrogen (secondary N) is 2. The van der Waals surface area contributed by atoms with Crippen LogP contribution >= 0.6 is 35.4 Å². The number of imidazole rings is 1. The highest BCUT2D eigenvalue weighted by molar-refractivity contribution is 7.80. The van der Waals surface area contributed by atoms with Crippen molar-refractivity contribution in [2.45, 2.75) is 45.5 Å². The van der Waals surface area contributed by atoms with Crippen LogP contribution in [0.15, 0.2) is 134 Å². The van der Waals surface area contributed by atoms with Crippen molar-refractivity contribution >= 4 is 52.1 Å². The molecular formula is C44H40Cl2N6O2S. The van der Waals surface area contributed by atoms with Gasteiger partial charge in [-0.15, -0.1) is 0 Å². The number of benzene rings is 5. The van der Waals surface area contributed by atoms with Gasteiger partial charge in [-0.05, 0) is 90.3 Å². The van der Waals surface area contributed by atoms with E-state index in [-0.39, 0.29) is 18.4 Å². The average molecular weight is 788 g/mol. The van der Waals surface area contributed by atoms with E-state index in [9.17, 15) is 10.1 Å². The topological polar surface area (TPSA) is 95.2 Å². The number of aryl methyl sites for hydroxylation is 1. The van der Waals surface area contributed by atoms with E-state index < -0.39 is 0 Å². The first-order valence-corrected chi connectivity index (χ1v) is 19.0. The first kappa shape index (κ1) is 39.0. The van der Waals surface area contributed by atoms with Crippen LogP contribution in [0.1, 0.15) is 39.1 Å². The molecule has 8 nitrogen and oxygen atoms in total. The van der Waals surface area contributed by atoms with Gasteiger partial charge in [0, 0.05) is 37.2 Å². The van der Waals surface area contributed by atoms with Crippen molar-refractivity contribution in [3.63, 3.8) is 0 Å². The summed E-state index contributed by atoms with van der Waals surface area (Å²) in [6, 6.07) is 40.7. The Morgan fingerprint density at radius 3 is 2.36 bits per heavy atom. The van der Waals surface area contributed by atoms with Gasteiger partial charge >= 0.3 is 0 Å². The molecule has 0 unspecified atom stereocenters. The molecule has 5 aromatic carbocycles. The number of nitriles is 1. The number of anilines is 1. The summed E-state index contributed by atoms with van der Waals surface area (Å²) in [5.41, 5.74) is 7.24. The fourth-order valence-electron chi connectivity index (χ4n) is 6.07. The predicted molar refractivity (Wildman–Crippen MR) is 223 cm³/mol. The van der Waals surface area contributed by atoms with Gasteiger partial charge in [0.05, 0.1) is 40.5 Å². The molecule has 11 heteroatoms. The first-order valence-electron chi connectivity index (χ1n) is 17.8. The second-order valence-corrected chi connectivity index (χ2v) is 14.4. The summed E-state index contributed by atoms with van der Waals surface area (Å²) in [4.78, 5) is 20.2. The van der Waals surface area contributed by atoms with Crippen molar-refractivity contribution in [3.05, 3.63) is 183 Å².